The van der Waals surface area contributed by atoms with E-state index in [9.17, 15) is 13.6 Å². The maximum Gasteiger partial charge on any atom is 0.311 e. The number of pyridine rings is 1. The van der Waals surface area contributed by atoms with Crippen LogP contribution in [-0.4, -0.2) is 64.8 Å². The van der Waals surface area contributed by atoms with Gasteiger partial charge in [0.25, 0.3) is 5.91 Å². The van der Waals surface area contributed by atoms with Crippen molar-refractivity contribution in [3.8, 4) is 22.8 Å². The van der Waals surface area contributed by atoms with Crippen LogP contribution in [0.4, 0.5) is 8.78 Å². The predicted molar refractivity (Wildman–Crippen MR) is 154 cm³/mol. The lowest BCUT2D eigenvalue weighted by molar-refractivity contribution is 0.0590. The number of nitrogens with zero attached hydrogens (tertiary/aromatic N) is 8. The molecule has 0 N–H and O–H groups in total. The Morgan fingerprint density at radius 3 is 2.61 bits per heavy atom. The molecule has 7 rings (SSSR count). The Hall–Kier alpha value is -5.59. The monoisotopic (exact) mass is 594 g/mol. The van der Waals surface area contributed by atoms with Crippen LogP contribution in [0.2, 0.25) is 0 Å². The standard InChI is InChI=1S/C31H24F2N8O3/c32-29-23(17-35-31(33)36-29)30(42)40-14-11-20(12-15-40)44-21-6-7-22-25(16-21)34-13-10-26(22)43-18-28-38-37-27-9-8-24(39-41(27)28)19-4-2-1-3-5-19/h1-10,13,16-17,20H,11-12,14-15,18H2. The largest absolute Gasteiger partial charge is 0.490 e. The van der Waals surface area contributed by atoms with E-state index in [-0.39, 0.29) is 18.3 Å². The van der Waals surface area contributed by atoms with Crippen molar-refractivity contribution in [2.45, 2.75) is 25.6 Å². The maximum atomic E-state index is 13.9. The van der Waals surface area contributed by atoms with Crippen molar-refractivity contribution in [1.29, 1.82) is 0 Å². The maximum absolute atomic E-state index is 13.9. The van der Waals surface area contributed by atoms with Gasteiger partial charge < -0.3 is 14.4 Å². The molecule has 5 heterocycles. The SMILES string of the molecule is O=C(c1cnc(F)nc1F)N1CCC(Oc2ccc3c(OCc4nnc5ccc(-c6ccccc6)nn45)ccnc3c2)CC1. The number of halogens is 2. The highest BCUT2D eigenvalue weighted by molar-refractivity contribution is 5.94. The summed E-state index contributed by atoms with van der Waals surface area (Å²) in [6.45, 7) is 0.849. The quantitative estimate of drug-likeness (QED) is 0.192. The second kappa shape index (κ2) is 11.6. The first kappa shape index (κ1) is 27.3. The fourth-order valence-corrected chi connectivity index (χ4v) is 5.15. The van der Waals surface area contributed by atoms with Gasteiger partial charge in [-0.3, -0.25) is 9.78 Å². The van der Waals surface area contributed by atoms with Crippen molar-refractivity contribution >= 4 is 22.5 Å². The molecule has 0 bridgehead atoms. The molecule has 4 aromatic heterocycles. The van der Waals surface area contributed by atoms with E-state index in [2.05, 4.69) is 25.1 Å². The van der Waals surface area contributed by atoms with Gasteiger partial charge >= 0.3 is 6.08 Å². The van der Waals surface area contributed by atoms with Gasteiger partial charge in [-0.15, -0.1) is 10.2 Å². The zero-order chi connectivity index (χ0) is 30.0. The summed E-state index contributed by atoms with van der Waals surface area (Å²) in [6.07, 6.45) is 2.24. The molecule has 0 unspecified atom stereocenters. The van der Waals surface area contributed by atoms with Gasteiger partial charge in [-0.1, -0.05) is 30.3 Å². The van der Waals surface area contributed by atoms with Crippen LogP contribution in [0.15, 0.2) is 79.1 Å². The van der Waals surface area contributed by atoms with E-state index < -0.39 is 17.9 Å². The third-order valence-electron chi connectivity index (χ3n) is 7.40. The summed E-state index contributed by atoms with van der Waals surface area (Å²) in [6, 6.07) is 21.0. The number of likely N-dealkylation sites (tertiary alicyclic amines) is 1. The van der Waals surface area contributed by atoms with Crippen molar-refractivity contribution in [2.75, 3.05) is 13.1 Å². The summed E-state index contributed by atoms with van der Waals surface area (Å²) < 4.78 is 41.0. The predicted octanol–water partition coefficient (Wildman–Crippen LogP) is 4.67. The molecule has 0 aliphatic carbocycles. The van der Waals surface area contributed by atoms with Crippen LogP contribution in [-0.2, 0) is 6.61 Å². The van der Waals surface area contributed by atoms with E-state index in [0.717, 1.165) is 22.8 Å². The molecular weight excluding hydrogens is 570 g/mol. The number of carbonyl (C=O) groups excluding carboxylic acids is 1. The number of amides is 1. The molecule has 0 radical (unpaired) electrons. The van der Waals surface area contributed by atoms with Gasteiger partial charge in [-0.25, -0.2) is 4.98 Å². The number of hydrogen-bond acceptors (Lipinski definition) is 9. The minimum atomic E-state index is -1.21. The van der Waals surface area contributed by atoms with Gasteiger partial charge in [0, 0.05) is 55.3 Å². The highest BCUT2D eigenvalue weighted by atomic mass is 19.1. The first-order valence-corrected chi connectivity index (χ1v) is 13.9. The zero-order valence-corrected chi connectivity index (χ0v) is 23.2. The molecule has 1 aliphatic heterocycles. The molecule has 44 heavy (non-hydrogen) atoms. The Kier molecular flexibility index (Phi) is 7.18. The van der Waals surface area contributed by atoms with Crippen molar-refractivity contribution in [3.63, 3.8) is 0 Å². The van der Waals surface area contributed by atoms with Crippen LogP contribution >= 0.6 is 0 Å². The molecule has 6 aromatic rings. The van der Waals surface area contributed by atoms with E-state index in [1.165, 1.54) is 4.90 Å². The van der Waals surface area contributed by atoms with Crippen LogP contribution < -0.4 is 9.47 Å². The van der Waals surface area contributed by atoms with Crippen molar-refractivity contribution in [2.24, 2.45) is 0 Å². The summed E-state index contributed by atoms with van der Waals surface area (Å²) in [4.78, 5) is 24.9. The number of rotatable bonds is 7. The summed E-state index contributed by atoms with van der Waals surface area (Å²) in [7, 11) is 0. The van der Waals surface area contributed by atoms with Gasteiger partial charge in [0.15, 0.2) is 11.5 Å². The van der Waals surface area contributed by atoms with Gasteiger partial charge in [-0.2, -0.15) is 23.4 Å². The van der Waals surface area contributed by atoms with E-state index in [1.807, 2.05) is 60.7 Å². The van der Waals surface area contributed by atoms with E-state index in [1.54, 1.807) is 16.8 Å². The number of ether oxygens (including phenoxy) is 2. The van der Waals surface area contributed by atoms with Crippen molar-refractivity contribution in [3.05, 3.63) is 103 Å². The number of benzene rings is 2. The first-order chi connectivity index (χ1) is 21.5. The smallest absolute Gasteiger partial charge is 0.311 e. The molecule has 0 saturated carbocycles. The van der Waals surface area contributed by atoms with E-state index in [4.69, 9.17) is 14.6 Å². The van der Waals surface area contributed by atoms with Crippen LogP contribution in [0, 0.1) is 12.0 Å². The Morgan fingerprint density at radius 1 is 0.955 bits per heavy atom. The third kappa shape index (κ3) is 5.46. The molecular formula is C31H24F2N8O3. The van der Waals surface area contributed by atoms with E-state index >= 15 is 0 Å². The van der Waals surface area contributed by atoms with Crippen molar-refractivity contribution in [1.82, 2.24) is 39.7 Å². The van der Waals surface area contributed by atoms with Crippen LogP contribution in [0.1, 0.15) is 29.0 Å². The summed E-state index contributed by atoms with van der Waals surface area (Å²) >= 11 is 0. The average Bonchev–Trinajstić information content (AvgIpc) is 3.46. The number of fused-ring (bicyclic) bond motifs is 2. The lowest BCUT2D eigenvalue weighted by atomic mass is 10.1. The minimum Gasteiger partial charge on any atom is -0.490 e. The second-order valence-corrected chi connectivity index (χ2v) is 10.2. The van der Waals surface area contributed by atoms with Gasteiger partial charge in [-0.05, 0) is 30.3 Å². The molecule has 13 heteroatoms. The highest BCUT2D eigenvalue weighted by Crippen LogP contribution is 2.29. The van der Waals surface area contributed by atoms with Crippen LogP contribution in [0.5, 0.6) is 11.5 Å². The van der Waals surface area contributed by atoms with Gasteiger partial charge in [0.1, 0.15) is 29.8 Å². The van der Waals surface area contributed by atoms with E-state index in [0.29, 0.717) is 54.4 Å². The molecule has 0 atom stereocenters. The van der Waals surface area contributed by atoms with Gasteiger partial charge in [0.2, 0.25) is 5.95 Å². The summed E-state index contributed by atoms with van der Waals surface area (Å²) in [5.41, 5.74) is 2.75. The second-order valence-electron chi connectivity index (χ2n) is 10.2. The topological polar surface area (TPSA) is 121 Å². The summed E-state index contributed by atoms with van der Waals surface area (Å²) in [5.74, 6) is 0.0704. The Labute approximate surface area is 249 Å². The molecule has 1 aliphatic rings. The fraction of sp³-hybridized carbons (Fsp3) is 0.194. The summed E-state index contributed by atoms with van der Waals surface area (Å²) in [5, 5.41) is 14.0. The Morgan fingerprint density at radius 2 is 1.80 bits per heavy atom. The normalized spacial score (nSPS) is 13.8. The number of hydrogen-bond donors (Lipinski definition) is 0. The molecule has 0 spiro atoms. The lowest BCUT2D eigenvalue weighted by Gasteiger charge is -2.32. The molecule has 220 valence electrons. The molecule has 2 aromatic carbocycles. The van der Waals surface area contributed by atoms with Crippen LogP contribution in [0.3, 0.4) is 0 Å². The average molecular weight is 595 g/mol. The molecule has 1 saturated heterocycles. The first-order valence-electron chi connectivity index (χ1n) is 13.9. The molecule has 1 fully saturated rings. The number of aromatic nitrogens is 7. The fourth-order valence-electron chi connectivity index (χ4n) is 5.15. The van der Waals surface area contributed by atoms with Crippen molar-refractivity contribution < 1.29 is 23.0 Å². The molecule has 11 nitrogen and oxygen atoms in total. The third-order valence-corrected chi connectivity index (χ3v) is 7.40. The Balaban J connectivity index is 1.01. The molecule has 1 amide bonds. The minimum absolute atomic E-state index is 0.148. The zero-order valence-electron chi connectivity index (χ0n) is 23.2. The number of piperidine rings is 1. The lowest BCUT2D eigenvalue weighted by Crippen LogP contribution is -2.42. The van der Waals surface area contributed by atoms with Gasteiger partial charge in [0.05, 0.1) is 11.2 Å². The number of carbonyl (C=O) groups is 1. The highest BCUT2D eigenvalue weighted by Gasteiger charge is 2.27. The van der Waals surface area contributed by atoms with Crippen LogP contribution in [0.25, 0.3) is 27.8 Å². The Bertz CT molecular complexity index is 1980.